The molecule has 7 fully saturated rings. The molecule has 117 heavy (non-hydrogen) atoms. The number of nitrogens with zero attached hydrogens (tertiary/aromatic N) is 14. The van der Waals surface area contributed by atoms with Gasteiger partial charge < -0.3 is 44.0 Å². The minimum atomic E-state index is -3.23. The first-order valence-corrected chi connectivity index (χ1v) is 46.7. The highest BCUT2D eigenvalue weighted by molar-refractivity contribution is 7.88. The van der Waals surface area contributed by atoms with Crippen molar-refractivity contribution in [3.05, 3.63) is 123 Å². The van der Waals surface area contributed by atoms with Crippen LogP contribution in [-0.2, 0) is 49.1 Å². The Hall–Kier alpha value is -7.93. The van der Waals surface area contributed by atoms with Gasteiger partial charge in [-0.25, -0.2) is 25.3 Å². The summed E-state index contributed by atoms with van der Waals surface area (Å²) in [6.45, 7) is 26.0. The van der Waals surface area contributed by atoms with Crippen LogP contribution < -0.4 is 19.6 Å². The number of ether oxygens (including phenoxy) is 2. The Morgan fingerprint density at radius 2 is 0.812 bits per heavy atom. The monoisotopic (exact) mass is 1730 g/mol. The highest BCUT2D eigenvalue weighted by Crippen LogP contribution is 2.44. The molecule has 17 rings (SSSR count). The van der Waals surface area contributed by atoms with Crippen LogP contribution in [0.2, 0.25) is 15.1 Å². The Balaban J connectivity index is 0.000000128. The van der Waals surface area contributed by atoms with E-state index in [0.717, 1.165) is 173 Å². The lowest BCUT2D eigenvalue weighted by atomic mass is 9.79. The Bertz CT molecular complexity index is 5530. The number of amides is 2. The van der Waals surface area contributed by atoms with Gasteiger partial charge in [-0.3, -0.25) is 35.1 Å². The predicted octanol–water partition coefficient (Wildman–Crippen LogP) is 11.3. The van der Waals surface area contributed by atoms with Gasteiger partial charge in [-0.05, 0) is 195 Å². The number of halogens is 3. The second-order valence-electron chi connectivity index (χ2n) is 33.7. The zero-order valence-electron chi connectivity index (χ0n) is 68.5. The Morgan fingerprint density at radius 1 is 0.462 bits per heavy atom. The molecule has 36 heteroatoms. The van der Waals surface area contributed by atoms with Gasteiger partial charge in [0.2, 0.25) is 36.0 Å². The summed E-state index contributed by atoms with van der Waals surface area (Å²) >= 11 is 18.6. The van der Waals surface area contributed by atoms with Crippen molar-refractivity contribution in [2.24, 2.45) is 0 Å². The molecule has 7 aliphatic rings. The average molecular weight is 1730 g/mol. The number of likely N-dealkylation sites (tertiary alicyclic amines) is 2. The predicted molar refractivity (Wildman–Crippen MR) is 464 cm³/mol. The number of aliphatic hydroxyl groups excluding tert-OH is 1. The molecular formula is C81H110Cl3N19O11S3. The number of aromatic amines is 5. The number of aliphatic hydroxyl groups is 1. The molecule has 0 aliphatic carbocycles. The van der Waals surface area contributed by atoms with Crippen molar-refractivity contribution in [1.82, 2.24) is 73.7 Å². The van der Waals surface area contributed by atoms with Crippen molar-refractivity contribution in [1.29, 1.82) is 0 Å². The van der Waals surface area contributed by atoms with Crippen LogP contribution in [0.4, 0.5) is 22.7 Å². The number of benzene rings is 5. The third kappa shape index (κ3) is 20.1. The van der Waals surface area contributed by atoms with Gasteiger partial charge >= 0.3 is 0 Å². The van der Waals surface area contributed by atoms with Gasteiger partial charge in [0, 0.05) is 187 Å². The first-order chi connectivity index (χ1) is 55.4. The molecule has 5 aromatic carbocycles. The minimum Gasteiger partial charge on any atom is -0.384 e. The van der Waals surface area contributed by atoms with Gasteiger partial charge in [0.25, 0.3) is 5.91 Å². The van der Waals surface area contributed by atoms with E-state index in [1.54, 1.807) is 24.9 Å². The van der Waals surface area contributed by atoms with Crippen LogP contribution in [0.15, 0.2) is 91.6 Å². The molecule has 6 N–H and O–H groups in total. The number of piperazine rings is 2. The molecule has 7 aliphatic heterocycles. The lowest BCUT2D eigenvalue weighted by molar-refractivity contribution is -0.140. The number of fused-ring (bicyclic) bond motifs is 5. The molecule has 7 saturated heterocycles. The number of hydrogen-bond donors (Lipinski definition) is 6. The van der Waals surface area contributed by atoms with Gasteiger partial charge in [-0.1, -0.05) is 34.8 Å². The summed E-state index contributed by atoms with van der Waals surface area (Å²) in [5.41, 5.74) is 11.7. The summed E-state index contributed by atoms with van der Waals surface area (Å²) in [6, 6.07) is 20.4. The Morgan fingerprint density at radius 3 is 1.18 bits per heavy atom. The van der Waals surface area contributed by atoms with Crippen LogP contribution >= 0.6 is 34.8 Å². The van der Waals surface area contributed by atoms with Crippen LogP contribution in [-0.4, -0.2) is 282 Å². The fourth-order valence-corrected chi connectivity index (χ4v) is 23.2. The molecule has 10 aromatic rings. The second-order valence-corrected chi connectivity index (χ2v) is 40.7. The maximum atomic E-state index is 12.2. The van der Waals surface area contributed by atoms with Crippen LogP contribution in [0, 0.1) is 0 Å². The number of H-pyrrole nitrogens is 5. The normalized spacial score (nSPS) is 20.4. The van der Waals surface area contributed by atoms with E-state index < -0.39 is 52.8 Å². The molecule has 2 unspecified atom stereocenters. The van der Waals surface area contributed by atoms with Crippen LogP contribution in [0.1, 0.15) is 134 Å². The van der Waals surface area contributed by atoms with Gasteiger partial charge in [0.1, 0.15) is 12.7 Å². The van der Waals surface area contributed by atoms with Gasteiger partial charge in [-0.2, -0.15) is 38.4 Å². The quantitative estimate of drug-likeness (QED) is 0.0624. The molecule has 0 saturated carbocycles. The lowest BCUT2D eigenvalue weighted by Crippen LogP contribution is -2.60. The molecule has 2 amide bonds. The number of carbonyl (C=O) groups excluding carboxylic acids is 2. The summed E-state index contributed by atoms with van der Waals surface area (Å²) < 4.78 is 87.7. The van der Waals surface area contributed by atoms with Crippen molar-refractivity contribution in [3.8, 4) is 0 Å². The number of carbonyl (C=O) groups is 2. The van der Waals surface area contributed by atoms with E-state index in [0.29, 0.717) is 80.8 Å². The molecule has 634 valence electrons. The lowest BCUT2D eigenvalue weighted by Gasteiger charge is -2.46. The maximum absolute atomic E-state index is 12.2. The van der Waals surface area contributed by atoms with Gasteiger partial charge in [0.05, 0.1) is 90.5 Å². The number of nitrogens with one attached hydrogen (secondary N) is 5. The van der Waals surface area contributed by atoms with Crippen molar-refractivity contribution in [2.75, 3.05) is 163 Å². The first-order valence-electron chi connectivity index (χ1n) is 40.0. The SMILES string of the molecule is CC(O)C(=O)N1CCC(c2cc(Cl)cc3[nH]ncc23)CC1.CC1(C)CC(c2cc(Cl)cc3[nH]ncc23)CCN1S(C)(=O)=O.CC1(C)CN(c2cc(N3CCCC3)cc3[nH]ncc23)CCN1S(C)(=O)=O.CC1(C)CN(c2cc(N3CCOCC3)cc3[nH]ncc23)CCN1S(C)(=O)=O.COCC(=O)N1CCC(c2cc(Cl)cc3[nH]ncc23)CC1. The first kappa shape index (κ1) is 86.9. The Kier molecular flexibility index (Phi) is 26.6. The molecule has 0 bridgehead atoms. The van der Waals surface area contributed by atoms with E-state index in [4.69, 9.17) is 44.3 Å². The highest BCUT2D eigenvalue weighted by Gasteiger charge is 2.43. The standard InChI is InChI=1S/C18H27N5O3S.C18H27N5O2S.C15H20ClN3O2S.2C15H18ClN3O2/c1-18(2)13-22(4-5-23(18)27(3,24)25)17-11-14(21-6-8-26-9-7-21)10-16-15(17)12-19-20-16;1-18(2)13-22(8-9-23(18)26(3,24)25)17-11-14(21-6-4-5-7-21)10-16-15(17)12-19-20-16;1-15(2)8-10(4-5-19(15)22(3,20)21)12-6-11(16)7-14-13(12)9-17-18-14;1-21-9-15(20)19-4-2-10(3-5-19)12-6-11(16)7-14-13(12)8-17-18-14;1-9(20)15(21)19-4-2-10(3-5-19)12-6-11(16)7-14-13(12)8-17-18-14/h10-12H,4-9,13H2,1-3H3,(H,19,20);10-12H,4-9,13H2,1-3H3,(H,19,20);6-7,9-10H,4-5,8H2,1-3H3,(H,17,18);6-8,10H,2-5,9H2,1H3,(H,17,18);6-10,20H,2-5H2,1H3,(H,17,18). The smallest absolute Gasteiger partial charge is 0.251 e. The number of rotatable bonds is 13. The van der Waals surface area contributed by atoms with Crippen LogP contribution in [0.5, 0.6) is 0 Å². The molecule has 2 atom stereocenters. The van der Waals surface area contributed by atoms with Gasteiger partial charge in [0.15, 0.2) is 0 Å². The number of morpholine rings is 1. The van der Waals surface area contributed by atoms with Crippen molar-refractivity contribution < 1.29 is 49.4 Å². The fraction of sp³-hybridized carbons (Fsp3) is 0.543. The number of sulfonamides is 3. The van der Waals surface area contributed by atoms with Crippen LogP contribution in [0.3, 0.4) is 0 Å². The molecule has 0 radical (unpaired) electrons. The molecule has 0 spiro atoms. The molecular weight excluding hydrogens is 1620 g/mol. The molecule has 5 aromatic heterocycles. The maximum Gasteiger partial charge on any atom is 0.251 e. The minimum absolute atomic E-state index is 0.0653. The number of anilines is 4. The molecule has 30 nitrogen and oxygen atoms in total. The summed E-state index contributed by atoms with van der Waals surface area (Å²) in [5, 5.41) is 52.8. The van der Waals surface area contributed by atoms with Crippen molar-refractivity contribution in [3.63, 3.8) is 0 Å². The summed E-state index contributed by atoms with van der Waals surface area (Å²) in [5.74, 6) is 0.924. The van der Waals surface area contributed by atoms with E-state index in [9.17, 15) is 39.9 Å². The molecule has 12 heterocycles. The summed E-state index contributed by atoms with van der Waals surface area (Å²) in [7, 11) is -8.08. The third-order valence-electron chi connectivity index (χ3n) is 23.8. The largest absolute Gasteiger partial charge is 0.384 e. The van der Waals surface area contributed by atoms with E-state index in [2.05, 4.69) is 94.9 Å². The zero-order valence-corrected chi connectivity index (χ0v) is 73.2. The van der Waals surface area contributed by atoms with E-state index in [1.807, 2.05) is 114 Å². The highest BCUT2D eigenvalue weighted by atomic mass is 35.5. The summed E-state index contributed by atoms with van der Waals surface area (Å²) in [4.78, 5) is 36.6. The topological polar surface area (TPSA) is 348 Å². The second kappa shape index (κ2) is 35.8. The van der Waals surface area contributed by atoms with E-state index in [-0.39, 0.29) is 24.3 Å². The van der Waals surface area contributed by atoms with Crippen molar-refractivity contribution >= 4 is 154 Å². The number of aromatic nitrogens is 10. The van der Waals surface area contributed by atoms with Crippen LogP contribution in [0.25, 0.3) is 54.5 Å². The van der Waals surface area contributed by atoms with E-state index >= 15 is 0 Å². The summed E-state index contributed by atoms with van der Waals surface area (Å²) in [6.07, 6.45) is 19.8. The third-order valence-corrected chi connectivity index (χ3v) is 28.9. The fourth-order valence-electron chi connectivity index (χ4n) is 18.4. The average Bonchev–Trinajstić information content (AvgIpc) is 1.45. The number of methoxy groups -OCH3 is 1. The Labute approximate surface area is 699 Å². The number of piperidine rings is 3. The number of hydrogen-bond acceptors (Lipinski definition) is 20. The van der Waals surface area contributed by atoms with Gasteiger partial charge in [-0.15, -0.1) is 0 Å². The zero-order chi connectivity index (χ0) is 83.7. The van der Waals surface area contributed by atoms with Crippen molar-refractivity contribution in [2.45, 2.75) is 140 Å². The van der Waals surface area contributed by atoms with E-state index in [1.165, 1.54) is 55.3 Å².